The Hall–Kier alpha value is -1.70. The number of hydrogen-bond donors (Lipinski definition) is 2. The lowest BCUT2D eigenvalue weighted by atomic mass is 10.1. The molecule has 116 valence electrons. The summed E-state index contributed by atoms with van der Waals surface area (Å²) in [5.74, 6) is -0.356. The second-order valence-electron chi connectivity index (χ2n) is 4.47. The van der Waals surface area contributed by atoms with Crippen LogP contribution in [0.25, 0.3) is 0 Å². The zero-order valence-electron chi connectivity index (χ0n) is 12.0. The number of nitrogens with two attached hydrogens (primary N) is 1. The average molecular weight is 312 g/mol. The van der Waals surface area contributed by atoms with E-state index in [1.54, 1.807) is 19.1 Å². The maximum Gasteiger partial charge on any atom is 0.251 e. The maximum absolute atomic E-state index is 12.0. The number of ether oxygens (including phenoxy) is 1. The molecule has 0 fully saturated rings. The molecule has 0 saturated heterocycles. The Morgan fingerprint density at radius 3 is 2.76 bits per heavy atom. The Bertz CT molecular complexity index is 611. The average Bonchev–Trinajstić information content (AvgIpc) is 2.41. The number of rotatable bonds is 8. The van der Waals surface area contributed by atoms with Crippen LogP contribution in [-0.4, -0.2) is 34.1 Å². The van der Waals surface area contributed by atoms with Crippen LogP contribution < -0.4 is 10.5 Å². The van der Waals surface area contributed by atoms with Crippen LogP contribution in [0.15, 0.2) is 35.7 Å². The highest BCUT2D eigenvalue weighted by Crippen LogP contribution is 2.14. The summed E-state index contributed by atoms with van der Waals surface area (Å²) in [4.78, 5) is 11.9. The van der Waals surface area contributed by atoms with E-state index in [1.165, 1.54) is 12.1 Å². The fourth-order valence-corrected chi connectivity index (χ4v) is 2.16. The van der Waals surface area contributed by atoms with Crippen molar-refractivity contribution in [2.45, 2.75) is 18.2 Å². The quantitative estimate of drug-likeness (QED) is 0.552. The van der Waals surface area contributed by atoms with E-state index in [0.29, 0.717) is 25.3 Å². The maximum atomic E-state index is 12.0. The number of amides is 1. The van der Waals surface area contributed by atoms with Crippen LogP contribution in [0.2, 0.25) is 0 Å². The third-order valence-corrected chi connectivity index (χ3v) is 3.69. The van der Waals surface area contributed by atoms with Crippen molar-refractivity contribution in [2.75, 3.05) is 19.8 Å². The normalized spacial score (nSPS) is 11.1. The topological polar surface area (TPSA) is 98.5 Å². The van der Waals surface area contributed by atoms with Crippen LogP contribution in [0.5, 0.6) is 0 Å². The predicted octanol–water partition coefficient (Wildman–Crippen LogP) is 0.965. The Kier molecular flexibility index (Phi) is 6.54. The van der Waals surface area contributed by atoms with Crippen LogP contribution in [0.1, 0.15) is 22.3 Å². The van der Waals surface area contributed by atoms with Crippen molar-refractivity contribution >= 4 is 15.9 Å². The molecular formula is C14H20N2O4S. The first-order valence-corrected chi connectivity index (χ1v) is 8.01. The molecule has 1 rings (SSSR count). The first-order chi connectivity index (χ1) is 9.86. The Balaban J connectivity index is 2.63. The molecule has 1 amide bonds. The lowest BCUT2D eigenvalue weighted by Crippen LogP contribution is -2.28. The fraction of sp³-hybridized carbons (Fsp3) is 0.357. The van der Waals surface area contributed by atoms with Gasteiger partial charge in [0.25, 0.3) is 5.91 Å². The van der Waals surface area contributed by atoms with E-state index in [4.69, 9.17) is 9.88 Å². The van der Waals surface area contributed by atoms with Gasteiger partial charge in [0.15, 0.2) is 0 Å². The third kappa shape index (κ3) is 5.66. The van der Waals surface area contributed by atoms with Gasteiger partial charge in [0.1, 0.15) is 0 Å². The number of sulfonamides is 1. The third-order valence-electron chi connectivity index (χ3n) is 2.78. The Morgan fingerprint density at radius 2 is 2.14 bits per heavy atom. The van der Waals surface area contributed by atoms with Gasteiger partial charge in [0.2, 0.25) is 10.0 Å². The second kappa shape index (κ2) is 7.92. The minimum Gasteiger partial charge on any atom is -0.379 e. The van der Waals surface area contributed by atoms with Gasteiger partial charge in [-0.05, 0) is 31.0 Å². The highest BCUT2D eigenvalue weighted by molar-refractivity contribution is 7.89. The summed E-state index contributed by atoms with van der Waals surface area (Å²) < 4.78 is 27.9. The molecule has 0 bridgehead atoms. The minimum atomic E-state index is -3.83. The first-order valence-electron chi connectivity index (χ1n) is 6.46. The van der Waals surface area contributed by atoms with Crippen LogP contribution in [0, 0.1) is 6.92 Å². The van der Waals surface area contributed by atoms with Gasteiger partial charge in [-0.3, -0.25) is 4.79 Å². The Labute approximate surface area is 125 Å². The smallest absolute Gasteiger partial charge is 0.251 e. The summed E-state index contributed by atoms with van der Waals surface area (Å²) in [6.45, 7) is 6.58. The number of nitrogens with one attached hydrogen (secondary N) is 1. The van der Waals surface area contributed by atoms with Crippen molar-refractivity contribution < 1.29 is 17.9 Å². The van der Waals surface area contributed by atoms with E-state index in [9.17, 15) is 13.2 Å². The van der Waals surface area contributed by atoms with E-state index in [1.807, 2.05) is 0 Å². The van der Waals surface area contributed by atoms with Crippen molar-refractivity contribution in [1.82, 2.24) is 5.32 Å². The van der Waals surface area contributed by atoms with Crippen molar-refractivity contribution in [3.63, 3.8) is 0 Å². The van der Waals surface area contributed by atoms with Gasteiger partial charge in [0.05, 0.1) is 18.1 Å². The molecule has 3 N–H and O–H groups in total. The standard InChI is InChI=1S/C14H20N2O4S/c1-3-4-8-20-9-7-16-14(17)13-10-12(21(15,18)19)6-5-11(13)2/h3,5-6,10H,1,4,7-9H2,2H3,(H,16,17)(H2,15,18,19). The molecule has 6 nitrogen and oxygen atoms in total. The molecule has 0 radical (unpaired) electrons. The van der Waals surface area contributed by atoms with Crippen molar-refractivity contribution in [3.05, 3.63) is 42.0 Å². The van der Waals surface area contributed by atoms with Crippen molar-refractivity contribution in [3.8, 4) is 0 Å². The number of hydrogen-bond acceptors (Lipinski definition) is 4. The minimum absolute atomic E-state index is 0.0829. The summed E-state index contributed by atoms with van der Waals surface area (Å²) >= 11 is 0. The van der Waals surface area contributed by atoms with Crippen LogP contribution >= 0.6 is 0 Å². The Morgan fingerprint density at radius 1 is 1.43 bits per heavy atom. The monoisotopic (exact) mass is 312 g/mol. The van der Waals surface area contributed by atoms with Gasteiger partial charge in [-0.1, -0.05) is 12.1 Å². The van der Waals surface area contributed by atoms with Crippen molar-refractivity contribution in [1.29, 1.82) is 0 Å². The zero-order chi connectivity index (χ0) is 15.9. The largest absolute Gasteiger partial charge is 0.379 e. The molecule has 0 unspecified atom stereocenters. The molecule has 21 heavy (non-hydrogen) atoms. The van der Waals surface area contributed by atoms with Gasteiger partial charge in [-0.15, -0.1) is 6.58 Å². The summed E-state index contributed by atoms with van der Waals surface area (Å²) in [6.07, 6.45) is 2.50. The zero-order valence-corrected chi connectivity index (χ0v) is 12.8. The van der Waals surface area contributed by atoms with Crippen LogP contribution in [0.4, 0.5) is 0 Å². The number of carbonyl (C=O) groups excluding carboxylic acids is 1. The van der Waals surface area contributed by atoms with Gasteiger partial charge in [-0.25, -0.2) is 13.6 Å². The lowest BCUT2D eigenvalue weighted by Gasteiger charge is -2.09. The highest BCUT2D eigenvalue weighted by Gasteiger charge is 2.14. The van der Waals surface area contributed by atoms with Gasteiger partial charge in [-0.2, -0.15) is 0 Å². The molecule has 0 aliphatic carbocycles. The molecular weight excluding hydrogens is 292 g/mol. The molecule has 1 aromatic carbocycles. The van der Waals surface area contributed by atoms with Gasteiger partial charge in [0, 0.05) is 12.1 Å². The summed E-state index contributed by atoms with van der Waals surface area (Å²) in [7, 11) is -3.83. The van der Waals surface area contributed by atoms with E-state index in [-0.39, 0.29) is 16.4 Å². The number of aryl methyl sites for hydroxylation is 1. The van der Waals surface area contributed by atoms with Crippen LogP contribution in [-0.2, 0) is 14.8 Å². The molecule has 0 heterocycles. The van der Waals surface area contributed by atoms with Crippen LogP contribution in [0.3, 0.4) is 0 Å². The SMILES string of the molecule is C=CCCOCCNC(=O)c1cc(S(N)(=O)=O)ccc1C. The molecule has 0 aromatic heterocycles. The first kappa shape index (κ1) is 17.4. The summed E-state index contributed by atoms with van der Waals surface area (Å²) in [6, 6.07) is 4.20. The number of primary sulfonamides is 1. The van der Waals surface area contributed by atoms with E-state index >= 15 is 0 Å². The van der Waals surface area contributed by atoms with E-state index < -0.39 is 10.0 Å². The molecule has 0 aliphatic heterocycles. The molecule has 1 aromatic rings. The molecule has 0 atom stereocenters. The predicted molar refractivity (Wildman–Crippen MR) is 80.5 cm³/mol. The molecule has 0 saturated carbocycles. The number of carbonyl (C=O) groups is 1. The molecule has 0 aliphatic rings. The highest BCUT2D eigenvalue weighted by atomic mass is 32.2. The lowest BCUT2D eigenvalue weighted by molar-refractivity contribution is 0.0917. The number of benzene rings is 1. The van der Waals surface area contributed by atoms with E-state index in [2.05, 4.69) is 11.9 Å². The van der Waals surface area contributed by atoms with Gasteiger partial charge >= 0.3 is 0 Å². The molecule has 7 heteroatoms. The molecule has 0 spiro atoms. The summed E-state index contributed by atoms with van der Waals surface area (Å²) in [5, 5.41) is 7.73. The van der Waals surface area contributed by atoms with Gasteiger partial charge < -0.3 is 10.1 Å². The van der Waals surface area contributed by atoms with Crippen molar-refractivity contribution in [2.24, 2.45) is 5.14 Å². The summed E-state index contributed by atoms with van der Waals surface area (Å²) in [5.41, 5.74) is 0.958. The van der Waals surface area contributed by atoms with E-state index in [0.717, 1.165) is 6.42 Å². The fourth-order valence-electron chi connectivity index (χ4n) is 1.62. The second-order valence-corrected chi connectivity index (χ2v) is 6.03.